The summed E-state index contributed by atoms with van der Waals surface area (Å²) in [6.45, 7) is 1.68. The molecular formula is C10H22N2O5. The summed E-state index contributed by atoms with van der Waals surface area (Å²) in [6, 6.07) is 0. The smallest absolute Gasteiger partial charge is 0.357 e. The SMILES string of the molecule is CCCCCCC(O)(NC(=O)CN)C(=O)O.O. The van der Waals surface area contributed by atoms with Crippen LogP contribution in [-0.2, 0) is 9.59 Å². The molecule has 0 saturated heterocycles. The molecule has 0 heterocycles. The van der Waals surface area contributed by atoms with Gasteiger partial charge in [-0.05, 0) is 6.42 Å². The number of hydrogen-bond acceptors (Lipinski definition) is 4. The normalized spacial score (nSPS) is 13.4. The number of hydrogen-bond donors (Lipinski definition) is 4. The number of amides is 1. The number of unbranched alkanes of at least 4 members (excludes halogenated alkanes) is 3. The molecule has 1 atom stereocenters. The number of carbonyl (C=O) groups is 2. The summed E-state index contributed by atoms with van der Waals surface area (Å²) in [5, 5.41) is 20.5. The number of nitrogens with two attached hydrogens (primary N) is 1. The van der Waals surface area contributed by atoms with Crippen LogP contribution in [0.15, 0.2) is 0 Å². The van der Waals surface area contributed by atoms with E-state index in [1.165, 1.54) is 0 Å². The van der Waals surface area contributed by atoms with Crippen LogP contribution in [0.4, 0.5) is 0 Å². The second kappa shape index (κ2) is 8.91. The topological polar surface area (TPSA) is 144 Å². The molecule has 7 N–H and O–H groups in total. The monoisotopic (exact) mass is 250 g/mol. The van der Waals surface area contributed by atoms with E-state index in [2.05, 4.69) is 0 Å². The third kappa shape index (κ3) is 6.88. The molecule has 7 heteroatoms. The van der Waals surface area contributed by atoms with Crippen molar-refractivity contribution in [2.75, 3.05) is 6.54 Å². The lowest BCUT2D eigenvalue weighted by molar-refractivity contribution is -0.166. The summed E-state index contributed by atoms with van der Waals surface area (Å²) >= 11 is 0. The van der Waals surface area contributed by atoms with Crippen LogP contribution in [0, 0.1) is 0 Å². The van der Waals surface area contributed by atoms with Crippen LogP contribution in [0.5, 0.6) is 0 Å². The van der Waals surface area contributed by atoms with Crippen molar-refractivity contribution in [1.82, 2.24) is 5.32 Å². The minimum atomic E-state index is -2.19. The summed E-state index contributed by atoms with van der Waals surface area (Å²) in [5.41, 5.74) is 2.85. The number of carboxylic acid groups (broad SMARTS) is 1. The molecule has 0 saturated carbocycles. The zero-order chi connectivity index (χ0) is 12.6. The maximum Gasteiger partial charge on any atom is 0.357 e. The van der Waals surface area contributed by atoms with E-state index in [1.807, 2.05) is 12.2 Å². The maximum absolute atomic E-state index is 11.0. The second-order valence-electron chi connectivity index (χ2n) is 3.73. The maximum atomic E-state index is 11.0. The van der Waals surface area contributed by atoms with E-state index < -0.39 is 17.6 Å². The first-order valence-corrected chi connectivity index (χ1v) is 5.43. The van der Waals surface area contributed by atoms with Crippen LogP contribution in [0.2, 0.25) is 0 Å². The highest BCUT2D eigenvalue weighted by atomic mass is 16.4. The van der Waals surface area contributed by atoms with Crippen LogP contribution in [0.25, 0.3) is 0 Å². The summed E-state index contributed by atoms with van der Waals surface area (Å²) in [5.74, 6) is -2.13. The molecule has 0 aliphatic heterocycles. The fourth-order valence-corrected chi connectivity index (χ4v) is 1.31. The zero-order valence-corrected chi connectivity index (χ0v) is 10.0. The van der Waals surface area contributed by atoms with Crippen molar-refractivity contribution in [2.24, 2.45) is 5.73 Å². The van der Waals surface area contributed by atoms with E-state index in [1.54, 1.807) is 0 Å². The Labute approximate surface area is 100 Å². The Balaban J connectivity index is 0. The summed E-state index contributed by atoms with van der Waals surface area (Å²) in [7, 11) is 0. The van der Waals surface area contributed by atoms with E-state index in [0.29, 0.717) is 6.42 Å². The predicted molar refractivity (Wildman–Crippen MR) is 62.2 cm³/mol. The predicted octanol–water partition coefficient (Wildman–Crippen LogP) is -1.02. The Kier molecular flexibility index (Phi) is 9.54. The van der Waals surface area contributed by atoms with Crippen molar-refractivity contribution in [3.8, 4) is 0 Å². The van der Waals surface area contributed by atoms with Gasteiger partial charge >= 0.3 is 5.97 Å². The molecule has 0 aromatic carbocycles. The van der Waals surface area contributed by atoms with Crippen LogP contribution in [0.3, 0.4) is 0 Å². The van der Waals surface area contributed by atoms with Gasteiger partial charge in [-0.3, -0.25) is 4.79 Å². The van der Waals surface area contributed by atoms with Gasteiger partial charge in [0.2, 0.25) is 11.6 Å². The average molecular weight is 250 g/mol. The Bertz CT molecular complexity index is 247. The molecule has 0 aliphatic rings. The van der Waals surface area contributed by atoms with Crippen molar-refractivity contribution in [1.29, 1.82) is 0 Å². The van der Waals surface area contributed by atoms with E-state index in [4.69, 9.17) is 10.8 Å². The van der Waals surface area contributed by atoms with Crippen LogP contribution < -0.4 is 11.1 Å². The fourth-order valence-electron chi connectivity index (χ4n) is 1.31. The average Bonchev–Trinajstić information content (AvgIpc) is 2.24. The molecule has 17 heavy (non-hydrogen) atoms. The molecule has 0 aromatic rings. The molecule has 7 nitrogen and oxygen atoms in total. The van der Waals surface area contributed by atoms with Crippen molar-refractivity contribution in [3.63, 3.8) is 0 Å². The lowest BCUT2D eigenvalue weighted by atomic mass is 10.0. The van der Waals surface area contributed by atoms with Gasteiger partial charge in [-0.25, -0.2) is 4.79 Å². The van der Waals surface area contributed by atoms with E-state index in [0.717, 1.165) is 19.3 Å². The molecule has 102 valence electrons. The van der Waals surface area contributed by atoms with Crippen molar-refractivity contribution in [2.45, 2.75) is 44.8 Å². The molecule has 0 fully saturated rings. The minimum absolute atomic E-state index is 0. The van der Waals surface area contributed by atoms with E-state index >= 15 is 0 Å². The third-order valence-electron chi connectivity index (χ3n) is 2.28. The van der Waals surface area contributed by atoms with Gasteiger partial charge in [0, 0.05) is 6.42 Å². The molecule has 0 rings (SSSR count). The van der Waals surface area contributed by atoms with Gasteiger partial charge in [0.25, 0.3) is 0 Å². The Morgan fingerprint density at radius 3 is 2.29 bits per heavy atom. The highest BCUT2D eigenvalue weighted by molar-refractivity contribution is 5.86. The first kappa shape index (κ1) is 18.2. The van der Waals surface area contributed by atoms with Crippen LogP contribution >= 0.6 is 0 Å². The Morgan fingerprint density at radius 1 is 1.29 bits per heavy atom. The summed E-state index contributed by atoms with van der Waals surface area (Å²) in [4.78, 5) is 21.8. The molecule has 1 unspecified atom stereocenters. The van der Waals surface area contributed by atoms with Gasteiger partial charge in [0.15, 0.2) is 0 Å². The fraction of sp³-hybridized carbons (Fsp3) is 0.800. The van der Waals surface area contributed by atoms with Crippen molar-refractivity contribution < 1.29 is 25.3 Å². The third-order valence-corrected chi connectivity index (χ3v) is 2.28. The Hall–Kier alpha value is -1.18. The zero-order valence-electron chi connectivity index (χ0n) is 10.0. The van der Waals surface area contributed by atoms with Gasteiger partial charge in [-0.2, -0.15) is 0 Å². The largest absolute Gasteiger partial charge is 0.478 e. The summed E-state index contributed by atoms with van der Waals surface area (Å²) < 4.78 is 0. The quantitative estimate of drug-likeness (QED) is 0.322. The Morgan fingerprint density at radius 2 is 1.88 bits per heavy atom. The number of carbonyl (C=O) groups excluding carboxylic acids is 1. The highest BCUT2D eigenvalue weighted by Crippen LogP contribution is 2.13. The van der Waals surface area contributed by atoms with Gasteiger partial charge in [0.05, 0.1) is 6.54 Å². The first-order valence-electron chi connectivity index (χ1n) is 5.43. The van der Waals surface area contributed by atoms with Gasteiger partial charge in [-0.1, -0.05) is 26.2 Å². The molecule has 0 aliphatic carbocycles. The molecular weight excluding hydrogens is 228 g/mol. The second-order valence-corrected chi connectivity index (χ2v) is 3.73. The lowest BCUT2D eigenvalue weighted by Gasteiger charge is -2.24. The van der Waals surface area contributed by atoms with Gasteiger partial charge in [-0.15, -0.1) is 0 Å². The van der Waals surface area contributed by atoms with Crippen LogP contribution in [0.1, 0.15) is 39.0 Å². The number of nitrogens with one attached hydrogen (secondary N) is 1. The number of aliphatic carboxylic acids is 1. The lowest BCUT2D eigenvalue weighted by Crippen LogP contribution is -2.55. The molecule has 0 spiro atoms. The van der Waals surface area contributed by atoms with Gasteiger partial charge < -0.3 is 26.7 Å². The first-order chi connectivity index (χ1) is 7.46. The number of aliphatic hydroxyl groups is 1. The molecule has 0 radical (unpaired) electrons. The highest BCUT2D eigenvalue weighted by Gasteiger charge is 2.36. The minimum Gasteiger partial charge on any atom is -0.478 e. The van der Waals surface area contributed by atoms with Crippen LogP contribution in [-0.4, -0.2) is 39.8 Å². The van der Waals surface area contributed by atoms with Gasteiger partial charge in [0.1, 0.15) is 0 Å². The van der Waals surface area contributed by atoms with Crippen molar-refractivity contribution >= 4 is 11.9 Å². The molecule has 1 amide bonds. The van der Waals surface area contributed by atoms with E-state index in [-0.39, 0.29) is 18.4 Å². The van der Waals surface area contributed by atoms with E-state index in [9.17, 15) is 14.7 Å². The van der Waals surface area contributed by atoms with Crippen molar-refractivity contribution in [3.05, 3.63) is 0 Å². The standard InChI is InChI=1S/C10H20N2O4.H2O/c1-2-3-4-5-6-10(16,9(14)15)12-8(13)7-11;/h16H,2-7,11H2,1H3,(H,12,13)(H,14,15);1H2. The molecule has 0 aromatic heterocycles. The molecule has 0 bridgehead atoms. The number of rotatable bonds is 8. The number of carboxylic acids is 1. The summed E-state index contributed by atoms with van der Waals surface area (Å²) in [6.07, 6.45) is 3.35.